The molecular formula is C26H24N6. The van der Waals surface area contributed by atoms with E-state index < -0.39 is 0 Å². The van der Waals surface area contributed by atoms with Crippen LogP contribution in [-0.4, -0.2) is 43.9 Å². The third-order valence-electron chi connectivity index (χ3n) is 5.36. The molecule has 6 nitrogen and oxygen atoms in total. The van der Waals surface area contributed by atoms with Gasteiger partial charge in [-0.05, 0) is 68.5 Å². The molecule has 158 valence electrons. The number of pyridine rings is 4. The van der Waals surface area contributed by atoms with Gasteiger partial charge in [0.15, 0.2) is 0 Å². The van der Waals surface area contributed by atoms with Crippen LogP contribution in [-0.2, 0) is 6.54 Å². The molecule has 0 saturated heterocycles. The number of nitrogens with zero attached hydrogens (tertiary/aromatic N) is 5. The summed E-state index contributed by atoms with van der Waals surface area (Å²) in [7, 11) is 4.11. The van der Waals surface area contributed by atoms with Crippen LogP contribution in [0.5, 0.6) is 0 Å². The lowest BCUT2D eigenvalue weighted by Crippen LogP contribution is -2.10. The number of aromatic amines is 1. The van der Waals surface area contributed by atoms with Crippen molar-refractivity contribution in [3.8, 4) is 33.6 Å². The molecule has 0 unspecified atom stereocenters. The number of hydrogen-bond donors (Lipinski definition) is 1. The van der Waals surface area contributed by atoms with Gasteiger partial charge < -0.3 is 9.88 Å². The Labute approximate surface area is 187 Å². The Morgan fingerprint density at radius 3 is 2.41 bits per heavy atom. The molecule has 32 heavy (non-hydrogen) atoms. The van der Waals surface area contributed by atoms with E-state index in [0.29, 0.717) is 0 Å². The van der Waals surface area contributed by atoms with Crippen molar-refractivity contribution in [2.75, 3.05) is 14.1 Å². The third-order valence-corrected chi connectivity index (χ3v) is 5.36. The average molecular weight is 421 g/mol. The standard InChI is InChI=1S/C26H24N6/c1-17-5-4-6-24(30-17)25-11-23(22-7-8-29-26(22)31-25)21-10-20(14-28-15-21)19-9-18(12-27-13-19)16-32(2)3/h4-15H,16H2,1-3H3,(H,29,31). The molecule has 0 fully saturated rings. The van der Waals surface area contributed by atoms with E-state index in [1.165, 1.54) is 5.56 Å². The predicted octanol–water partition coefficient (Wildman–Crippen LogP) is 5.12. The summed E-state index contributed by atoms with van der Waals surface area (Å²) >= 11 is 0. The average Bonchev–Trinajstić information content (AvgIpc) is 3.27. The van der Waals surface area contributed by atoms with Gasteiger partial charge in [-0.25, -0.2) is 4.98 Å². The smallest absolute Gasteiger partial charge is 0.138 e. The maximum absolute atomic E-state index is 4.80. The van der Waals surface area contributed by atoms with Gasteiger partial charge in [0, 0.05) is 65.3 Å². The summed E-state index contributed by atoms with van der Waals surface area (Å²) in [5.74, 6) is 0. The van der Waals surface area contributed by atoms with E-state index in [-0.39, 0.29) is 0 Å². The third kappa shape index (κ3) is 4.00. The Morgan fingerprint density at radius 1 is 0.812 bits per heavy atom. The molecule has 5 aromatic heterocycles. The molecular weight excluding hydrogens is 396 g/mol. The first-order chi connectivity index (χ1) is 15.6. The summed E-state index contributed by atoms with van der Waals surface area (Å²) in [4.78, 5) is 23.8. The quantitative estimate of drug-likeness (QED) is 0.427. The van der Waals surface area contributed by atoms with Crippen LogP contribution in [0.1, 0.15) is 11.3 Å². The summed E-state index contributed by atoms with van der Waals surface area (Å²) in [6.07, 6.45) is 9.50. The highest BCUT2D eigenvalue weighted by atomic mass is 15.0. The Hall–Kier alpha value is -3.90. The van der Waals surface area contributed by atoms with Gasteiger partial charge in [-0.3, -0.25) is 15.0 Å². The van der Waals surface area contributed by atoms with Gasteiger partial charge in [-0.2, -0.15) is 0 Å². The van der Waals surface area contributed by atoms with E-state index in [4.69, 9.17) is 4.98 Å². The number of rotatable bonds is 5. The van der Waals surface area contributed by atoms with Crippen molar-refractivity contribution in [3.63, 3.8) is 0 Å². The summed E-state index contributed by atoms with van der Waals surface area (Å²) in [5, 5.41) is 1.06. The van der Waals surface area contributed by atoms with Crippen LogP contribution >= 0.6 is 0 Å². The molecule has 0 aliphatic heterocycles. The van der Waals surface area contributed by atoms with Gasteiger partial charge in [0.2, 0.25) is 0 Å². The summed E-state index contributed by atoms with van der Waals surface area (Å²) in [5.41, 5.74) is 8.84. The number of fused-ring (bicyclic) bond motifs is 1. The first-order valence-corrected chi connectivity index (χ1v) is 10.5. The van der Waals surface area contributed by atoms with Crippen molar-refractivity contribution in [1.29, 1.82) is 0 Å². The lowest BCUT2D eigenvalue weighted by Gasteiger charge is -2.11. The van der Waals surface area contributed by atoms with Crippen molar-refractivity contribution in [1.82, 2.24) is 29.8 Å². The van der Waals surface area contributed by atoms with Crippen molar-refractivity contribution in [2.24, 2.45) is 0 Å². The first-order valence-electron chi connectivity index (χ1n) is 10.5. The predicted molar refractivity (Wildman–Crippen MR) is 128 cm³/mol. The van der Waals surface area contributed by atoms with Crippen molar-refractivity contribution >= 4 is 11.0 Å². The van der Waals surface area contributed by atoms with Gasteiger partial charge in [0.25, 0.3) is 0 Å². The monoisotopic (exact) mass is 420 g/mol. The van der Waals surface area contributed by atoms with E-state index in [9.17, 15) is 0 Å². The fraction of sp³-hybridized carbons (Fsp3) is 0.154. The Balaban J connectivity index is 1.62. The highest BCUT2D eigenvalue weighted by molar-refractivity contribution is 5.95. The number of aryl methyl sites for hydroxylation is 1. The summed E-state index contributed by atoms with van der Waals surface area (Å²) < 4.78 is 0. The van der Waals surface area contributed by atoms with Crippen LogP contribution in [0.25, 0.3) is 44.7 Å². The van der Waals surface area contributed by atoms with E-state index in [2.05, 4.69) is 63.2 Å². The number of hydrogen-bond acceptors (Lipinski definition) is 5. The lowest BCUT2D eigenvalue weighted by molar-refractivity contribution is 0.402. The van der Waals surface area contributed by atoms with E-state index in [1.807, 2.05) is 56.1 Å². The van der Waals surface area contributed by atoms with Crippen LogP contribution in [0, 0.1) is 6.92 Å². The zero-order valence-corrected chi connectivity index (χ0v) is 18.4. The largest absolute Gasteiger partial charge is 0.346 e. The molecule has 0 amide bonds. The minimum Gasteiger partial charge on any atom is -0.346 e. The minimum absolute atomic E-state index is 0.832. The molecule has 0 aliphatic carbocycles. The Bertz CT molecular complexity index is 1400. The van der Waals surface area contributed by atoms with Crippen LogP contribution in [0.2, 0.25) is 0 Å². The molecule has 5 aromatic rings. The van der Waals surface area contributed by atoms with Crippen LogP contribution in [0.4, 0.5) is 0 Å². The Morgan fingerprint density at radius 2 is 1.59 bits per heavy atom. The SMILES string of the molecule is Cc1cccc(-c2cc(-c3cncc(-c4cncc(CN(C)C)c4)c3)c3cc[nH]c3n2)n1. The van der Waals surface area contributed by atoms with Gasteiger partial charge in [-0.1, -0.05) is 6.07 Å². The molecule has 0 aliphatic rings. The van der Waals surface area contributed by atoms with Crippen molar-refractivity contribution in [2.45, 2.75) is 13.5 Å². The minimum atomic E-state index is 0.832. The topological polar surface area (TPSA) is 70.6 Å². The van der Waals surface area contributed by atoms with Crippen LogP contribution < -0.4 is 0 Å². The molecule has 0 saturated carbocycles. The normalized spacial score (nSPS) is 11.4. The molecule has 5 heterocycles. The van der Waals surface area contributed by atoms with Crippen molar-refractivity contribution < 1.29 is 0 Å². The molecule has 6 heteroatoms. The van der Waals surface area contributed by atoms with Gasteiger partial charge in [0.1, 0.15) is 5.65 Å². The fourth-order valence-corrected chi connectivity index (χ4v) is 3.94. The second-order valence-electron chi connectivity index (χ2n) is 8.24. The molecule has 1 N–H and O–H groups in total. The molecule has 0 spiro atoms. The van der Waals surface area contributed by atoms with E-state index in [1.54, 1.807) is 0 Å². The summed E-state index contributed by atoms with van der Waals surface area (Å²) in [6.45, 7) is 2.83. The number of H-pyrrole nitrogens is 1. The molecule has 5 rings (SSSR count). The first kappa shape index (κ1) is 20.0. The zero-order chi connectivity index (χ0) is 22.1. The maximum atomic E-state index is 4.80. The van der Waals surface area contributed by atoms with Gasteiger partial charge in [0.05, 0.1) is 11.4 Å². The maximum Gasteiger partial charge on any atom is 0.138 e. The summed E-state index contributed by atoms with van der Waals surface area (Å²) in [6, 6.07) is 14.5. The fourth-order valence-electron chi connectivity index (χ4n) is 3.94. The van der Waals surface area contributed by atoms with E-state index in [0.717, 1.165) is 56.9 Å². The lowest BCUT2D eigenvalue weighted by atomic mass is 9.99. The highest BCUT2D eigenvalue weighted by Gasteiger charge is 2.13. The molecule has 0 atom stereocenters. The van der Waals surface area contributed by atoms with Gasteiger partial charge in [-0.15, -0.1) is 0 Å². The van der Waals surface area contributed by atoms with Crippen LogP contribution in [0.15, 0.2) is 73.4 Å². The second-order valence-corrected chi connectivity index (χ2v) is 8.24. The Kier molecular flexibility index (Phi) is 5.21. The van der Waals surface area contributed by atoms with Crippen LogP contribution in [0.3, 0.4) is 0 Å². The van der Waals surface area contributed by atoms with E-state index >= 15 is 0 Å². The van der Waals surface area contributed by atoms with Crippen molar-refractivity contribution in [3.05, 3.63) is 84.7 Å². The zero-order valence-electron chi connectivity index (χ0n) is 18.4. The highest BCUT2D eigenvalue weighted by Crippen LogP contribution is 2.33. The second kappa shape index (κ2) is 8.32. The molecule has 0 aromatic carbocycles. The molecule has 0 bridgehead atoms. The number of nitrogens with one attached hydrogen (secondary N) is 1. The van der Waals surface area contributed by atoms with Gasteiger partial charge >= 0.3 is 0 Å². The molecule has 0 radical (unpaired) electrons. The number of aromatic nitrogens is 5.